The molecule has 0 heterocycles. The second-order valence-corrected chi connectivity index (χ2v) is 6.92. The van der Waals surface area contributed by atoms with Gasteiger partial charge in [0.1, 0.15) is 0 Å². The van der Waals surface area contributed by atoms with Gasteiger partial charge in [0.05, 0.1) is 5.41 Å². The first-order chi connectivity index (χ1) is 11.5. The molecular formula is C18H38IN5O. The Morgan fingerprint density at radius 2 is 1.72 bits per heavy atom. The maximum Gasteiger partial charge on any atom is 0.230 e. The van der Waals surface area contributed by atoms with Crippen LogP contribution in [0.15, 0.2) is 4.99 Å². The number of hydrogen-bond acceptors (Lipinski definition) is 3. The lowest BCUT2D eigenvalue weighted by molar-refractivity contribution is -0.138. The summed E-state index contributed by atoms with van der Waals surface area (Å²) in [5.74, 6) is 1.04. The highest BCUT2D eigenvalue weighted by atomic mass is 127. The summed E-state index contributed by atoms with van der Waals surface area (Å²) in [6, 6.07) is 0. The van der Waals surface area contributed by atoms with Crippen LogP contribution in [-0.4, -0.2) is 75.5 Å². The minimum absolute atomic E-state index is 0. The highest BCUT2D eigenvalue weighted by molar-refractivity contribution is 14.0. The number of halogens is 1. The number of aliphatic imine (C=N–C) groups is 1. The van der Waals surface area contributed by atoms with Gasteiger partial charge in [0.15, 0.2) is 5.96 Å². The van der Waals surface area contributed by atoms with Crippen LogP contribution in [0.25, 0.3) is 0 Å². The molecule has 0 unspecified atom stereocenters. The van der Waals surface area contributed by atoms with E-state index in [-0.39, 0.29) is 35.3 Å². The molecule has 0 aromatic carbocycles. The second-order valence-electron chi connectivity index (χ2n) is 6.92. The Morgan fingerprint density at radius 1 is 1.12 bits per heavy atom. The van der Waals surface area contributed by atoms with E-state index >= 15 is 0 Å². The Kier molecular flexibility index (Phi) is 12.4. The topological polar surface area (TPSA) is 60.0 Å². The summed E-state index contributed by atoms with van der Waals surface area (Å²) in [5.41, 5.74) is -0.262. The smallest absolute Gasteiger partial charge is 0.230 e. The molecule has 0 aromatic heterocycles. The average molecular weight is 467 g/mol. The fraction of sp³-hybridized carbons (Fsp3) is 0.889. The average Bonchev–Trinajstić information content (AvgIpc) is 3.06. The van der Waals surface area contributed by atoms with E-state index in [0.29, 0.717) is 6.54 Å². The lowest BCUT2D eigenvalue weighted by atomic mass is 9.84. The van der Waals surface area contributed by atoms with Crippen LogP contribution < -0.4 is 10.6 Å². The molecule has 1 fully saturated rings. The normalized spacial score (nSPS) is 16.5. The van der Waals surface area contributed by atoms with Gasteiger partial charge >= 0.3 is 0 Å². The fourth-order valence-corrected chi connectivity index (χ4v) is 3.52. The third-order valence-electron chi connectivity index (χ3n) is 5.08. The highest BCUT2D eigenvalue weighted by Crippen LogP contribution is 2.38. The van der Waals surface area contributed by atoms with Crippen molar-refractivity contribution in [3.05, 3.63) is 0 Å². The van der Waals surface area contributed by atoms with Gasteiger partial charge in [-0.15, -0.1) is 24.0 Å². The van der Waals surface area contributed by atoms with Crippen LogP contribution in [0.5, 0.6) is 0 Å². The number of amides is 1. The maximum absolute atomic E-state index is 12.6. The van der Waals surface area contributed by atoms with Gasteiger partial charge in [-0.25, -0.2) is 0 Å². The predicted molar refractivity (Wildman–Crippen MR) is 117 cm³/mol. The molecule has 1 aliphatic carbocycles. The van der Waals surface area contributed by atoms with Crippen LogP contribution in [-0.2, 0) is 4.79 Å². The number of nitrogens with one attached hydrogen (secondary N) is 2. The summed E-state index contributed by atoms with van der Waals surface area (Å²) in [5, 5.41) is 6.75. The van der Waals surface area contributed by atoms with E-state index in [0.717, 1.165) is 64.2 Å². The summed E-state index contributed by atoms with van der Waals surface area (Å²) >= 11 is 0. The Balaban J connectivity index is 0.00000576. The second kappa shape index (κ2) is 12.7. The number of nitrogens with zero attached hydrogens (tertiary/aromatic N) is 3. The van der Waals surface area contributed by atoms with Crippen molar-refractivity contribution in [2.75, 3.05) is 53.9 Å². The minimum atomic E-state index is -0.262. The molecule has 0 aliphatic heterocycles. The van der Waals surface area contributed by atoms with E-state index in [4.69, 9.17) is 0 Å². The molecule has 1 amide bonds. The fourth-order valence-electron chi connectivity index (χ4n) is 3.52. The van der Waals surface area contributed by atoms with Gasteiger partial charge in [0.2, 0.25) is 5.91 Å². The summed E-state index contributed by atoms with van der Waals surface area (Å²) in [6.45, 7) is 9.24. The summed E-state index contributed by atoms with van der Waals surface area (Å²) in [4.78, 5) is 21.0. The van der Waals surface area contributed by atoms with Crippen LogP contribution >= 0.6 is 24.0 Å². The molecule has 25 heavy (non-hydrogen) atoms. The number of rotatable bonds is 9. The number of guanidine groups is 1. The van der Waals surface area contributed by atoms with E-state index in [1.165, 1.54) is 0 Å². The van der Waals surface area contributed by atoms with Crippen molar-refractivity contribution in [2.24, 2.45) is 10.4 Å². The molecule has 0 aromatic rings. The van der Waals surface area contributed by atoms with Gasteiger partial charge in [-0.05, 0) is 38.9 Å². The molecule has 0 bridgehead atoms. The standard InChI is InChI=1S/C18H37N5O.HI/c1-6-23(7-2)14-10-13-20-17(19-3)21-15-18(11-8-9-12-18)16(24)22(4)5;/h6-15H2,1-5H3,(H2,19,20,21);1H. The molecule has 6 nitrogen and oxygen atoms in total. The van der Waals surface area contributed by atoms with Crippen molar-refractivity contribution in [3.63, 3.8) is 0 Å². The number of carbonyl (C=O) groups excluding carboxylic acids is 1. The predicted octanol–water partition coefficient (Wildman–Crippen LogP) is 2.15. The molecule has 0 spiro atoms. The lowest BCUT2D eigenvalue weighted by Crippen LogP contribution is -2.49. The van der Waals surface area contributed by atoms with Crippen LogP contribution in [0.3, 0.4) is 0 Å². The Labute approximate surface area is 171 Å². The van der Waals surface area contributed by atoms with Crippen molar-refractivity contribution in [1.29, 1.82) is 0 Å². The largest absolute Gasteiger partial charge is 0.356 e. The molecular weight excluding hydrogens is 429 g/mol. The molecule has 1 aliphatic rings. The summed E-state index contributed by atoms with van der Waals surface area (Å²) in [7, 11) is 5.49. The number of carbonyl (C=O) groups is 1. The van der Waals surface area contributed by atoms with Gasteiger partial charge < -0.3 is 20.4 Å². The summed E-state index contributed by atoms with van der Waals surface area (Å²) in [6.07, 6.45) is 5.30. The highest BCUT2D eigenvalue weighted by Gasteiger charge is 2.42. The SMILES string of the molecule is CCN(CC)CCCNC(=NC)NCC1(C(=O)N(C)C)CCCC1.I. The molecule has 148 valence electrons. The van der Waals surface area contributed by atoms with Crippen molar-refractivity contribution < 1.29 is 4.79 Å². The first-order valence-electron chi connectivity index (χ1n) is 9.37. The minimum Gasteiger partial charge on any atom is -0.356 e. The zero-order valence-electron chi connectivity index (χ0n) is 16.7. The Morgan fingerprint density at radius 3 is 2.20 bits per heavy atom. The van der Waals surface area contributed by atoms with Gasteiger partial charge in [0, 0.05) is 34.2 Å². The zero-order chi connectivity index (χ0) is 18.0. The van der Waals surface area contributed by atoms with E-state index in [9.17, 15) is 4.79 Å². The molecule has 1 saturated carbocycles. The van der Waals surface area contributed by atoms with E-state index < -0.39 is 0 Å². The van der Waals surface area contributed by atoms with Gasteiger partial charge in [-0.2, -0.15) is 0 Å². The van der Waals surface area contributed by atoms with Crippen LogP contribution in [0.2, 0.25) is 0 Å². The lowest BCUT2D eigenvalue weighted by Gasteiger charge is -2.31. The summed E-state index contributed by atoms with van der Waals surface area (Å²) < 4.78 is 0. The Bertz CT molecular complexity index is 404. The molecule has 0 saturated heterocycles. The number of hydrogen-bond donors (Lipinski definition) is 2. The van der Waals surface area contributed by atoms with E-state index in [2.05, 4.69) is 34.4 Å². The maximum atomic E-state index is 12.6. The molecule has 0 atom stereocenters. The third-order valence-corrected chi connectivity index (χ3v) is 5.08. The van der Waals surface area contributed by atoms with E-state index in [1.54, 1.807) is 11.9 Å². The third kappa shape index (κ3) is 7.68. The first kappa shape index (κ1) is 24.4. The van der Waals surface area contributed by atoms with Gasteiger partial charge in [-0.3, -0.25) is 9.79 Å². The molecule has 2 N–H and O–H groups in total. The quantitative estimate of drug-likeness (QED) is 0.236. The first-order valence-corrected chi connectivity index (χ1v) is 9.37. The van der Waals surface area contributed by atoms with Crippen LogP contribution in [0.4, 0.5) is 0 Å². The van der Waals surface area contributed by atoms with Crippen molar-refractivity contribution in [3.8, 4) is 0 Å². The van der Waals surface area contributed by atoms with E-state index in [1.807, 2.05) is 14.1 Å². The van der Waals surface area contributed by atoms with Crippen molar-refractivity contribution in [1.82, 2.24) is 20.4 Å². The van der Waals surface area contributed by atoms with Gasteiger partial charge in [0.25, 0.3) is 0 Å². The molecule has 0 radical (unpaired) electrons. The Hall–Kier alpha value is -0.570. The van der Waals surface area contributed by atoms with Crippen molar-refractivity contribution in [2.45, 2.75) is 46.0 Å². The van der Waals surface area contributed by atoms with Gasteiger partial charge in [-0.1, -0.05) is 26.7 Å². The van der Waals surface area contributed by atoms with Crippen LogP contribution in [0.1, 0.15) is 46.0 Å². The molecule has 1 rings (SSSR count). The monoisotopic (exact) mass is 467 g/mol. The van der Waals surface area contributed by atoms with Crippen LogP contribution in [0, 0.1) is 5.41 Å². The van der Waals surface area contributed by atoms with Crippen molar-refractivity contribution >= 4 is 35.8 Å². The molecule has 7 heteroatoms. The zero-order valence-corrected chi connectivity index (χ0v) is 19.1.